The number of ether oxygens (including phenoxy) is 1. The summed E-state index contributed by atoms with van der Waals surface area (Å²) < 4.78 is 31.8. The van der Waals surface area contributed by atoms with Crippen molar-refractivity contribution < 1.29 is 18.4 Å². The van der Waals surface area contributed by atoms with Crippen LogP contribution < -0.4 is 4.74 Å². The van der Waals surface area contributed by atoms with E-state index < -0.39 is 9.84 Å². The van der Waals surface area contributed by atoms with Crippen LogP contribution in [-0.4, -0.2) is 35.7 Å². The Hall–Kier alpha value is -2.54. The Morgan fingerprint density at radius 3 is 2.48 bits per heavy atom. The van der Waals surface area contributed by atoms with E-state index in [0.717, 1.165) is 41.5 Å². The minimum absolute atomic E-state index is 0.120. The quantitative estimate of drug-likeness (QED) is 0.633. The predicted octanol–water partition coefficient (Wildman–Crippen LogP) is 4.56. The van der Waals surface area contributed by atoms with Crippen molar-refractivity contribution in [3.05, 3.63) is 42.2 Å². The van der Waals surface area contributed by atoms with Gasteiger partial charge in [0.15, 0.2) is 15.7 Å². The summed E-state index contributed by atoms with van der Waals surface area (Å²) in [5.74, 6) is 1.81. The molecule has 0 aromatic heterocycles. The Kier molecular flexibility index (Phi) is 5.02. The molecule has 1 fully saturated rings. The number of hydrogen-bond acceptors (Lipinski definition) is 5. The van der Waals surface area contributed by atoms with Gasteiger partial charge in [-0.15, -0.1) is 0 Å². The summed E-state index contributed by atoms with van der Waals surface area (Å²) in [5, 5.41) is 10.3. The van der Waals surface area contributed by atoms with Gasteiger partial charge in [0.1, 0.15) is 5.75 Å². The Morgan fingerprint density at radius 2 is 1.79 bits per heavy atom. The summed E-state index contributed by atoms with van der Waals surface area (Å²) >= 11 is 0. The number of nitrogens with zero attached hydrogens (tertiary/aromatic N) is 2. The van der Waals surface area contributed by atoms with Crippen LogP contribution in [0.1, 0.15) is 38.3 Å². The van der Waals surface area contributed by atoms with E-state index in [4.69, 9.17) is 4.74 Å². The van der Waals surface area contributed by atoms with Crippen molar-refractivity contribution >= 4 is 9.84 Å². The topological polar surface area (TPSA) is 81.4 Å². The maximum absolute atomic E-state index is 12.2. The Morgan fingerprint density at radius 1 is 1.07 bits per heavy atom. The van der Waals surface area contributed by atoms with Crippen LogP contribution >= 0.6 is 0 Å². The number of aromatic nitrogens is 2. The summed E-state index contributed by atoms with van der Waals surface area (Å²) in [6.45, 7) is 4.04. The molecule has 154 valence electrons. The summed E-state index contributed by atoms with van der Waals surface area (Å²) in [4.78, 5) is 4.48. The van der Waals surface area contributed by atoms with Crippen molar-refractivity contribution in [3.63, 3.8) is 0 Å². The van der Waals surface area contributed by atoms with Gasteiger partial charge in [-0.1, -0.05) is 6.92 Å². The molecule has 1 aromatic carbocycles. The normalized spacial score (nSPS) is 20.1. The Bertz CT molecular complexity index is 1110. The van der Waals surface area contributed by atoms with Crippen molar-refractivity contribution in [2.24, 2.45) is 5.92 Å². The number of aryl methyl sites for hydroxylation is 1. The van der Waals surface area contributed by atoms with Crippen LogP contribution in [0.3, 0.4) is 0 Å². The smallest absolute Gasteiger partial charge is 0.176 e. The fourth-order valence-electron chi connectivity index (χ4n) is 4.02. The molecule has 0 amide bonds. The van der Waals surface area contributed by atoms with Crippen LogP contribution in [0.25, 0.3) is 22.5 Å². The molecule has 0 bridgehead atoms. The summed E-state index contributed by atoms with van der Waals surface area (Å²) in [6.07, 6.45) is 7.20. The zero-order valence-electron chi connectivity index (χ0n) is 16.9. The lowest BCUT2D eigenvalue weighted by Crippen LogP contribution is -2.23. The van der Waals surface area contributed by atoms with E-state index in [-0.39, 0.29) is 11.0 Å². The first-order chi connectivity index (χ1) is 13.7. The highest BCUT2D eigenvalue weighted by Gasteiger charge is 2.24. The van der Waals surface area contributed by atoms with Crippen molar-refractivity contribution in [2.75, 3.05) is 6.26 Å². The van der Waals surface area contributed by atoms with Crippen LogP contribution in [0.15, 0.2) is 41.4 Å². The molecule has 2 heterocycles. The van der Waals surface area contributed by atoms with E-state index in [9.17, 15) is 13.6 Å². The molecule has 0 unspecified atom stereocenters. The molecule has 1 aromatic rings. The summed E-state index contributed by atoms with van der Waals surface area (Å²) in [5.41, 5.74) is 2.84. The third-order valence-electron chi connectivity index (χ3n) is 5.78. The molecular weight excluding hydrogens is 388 g/mol. The molecular formula is C22H26N2O4S. The molecule has 3 aliphatic rings. The third-order valence-corrected chi connectivity index (χ3v) is 6.89. The van der Waals surface area contributed by atoms with Crippen molar-refractivity contribution in [2.45, 2.75) is 50.5 Å². The van der Waals surface area contributed by atoms with Crippen LogP contribution in [0.2, 0.25) is 0 Å². The molecule has 1 aliphatic carbocycles. The van der Waals surface area contributed by atoms with Crippen molar-refractivity contribution in [1.29, 1.82) is 0 Å². The van der Waals surface area contributed by atoms with Gasteiger partial charge in [0.05, 0.1) is 16.7 Å². The van der Waals surface area contributed by atoms with Gasteiger partial charge in [-0.05, 0) is 74.4 Å². The minimum Gasteiger partial charge on any atom is -0.490 e. The standard InChI is InChI=1S/C22H26N2O4S/c1-14-4-6-16(7-5-14)28-21-9-8-17(29(3,26)27)13-20(21)19-12-15(2)24(25)22-18(19)10-11-23-22/h8-14,16,25H,4-7H2,1-3H3. The highest BCUT2D eigenvalue weighted by molar-refractivity contribution is 7.90. The molecule has 0 radical (unpaired) electrons. The first kappa shape index (κ1) is 19.8. The van der Waals surface area contributed by atoms with E-state index >= 15 is 0 Å². The largest absolute Gasteiger partial charge is 0.490 e. The van der Waals surface area contributed by atoms with Crippen LogP contribution in [0, 0.1) is 12.8 Å². The van der Waals surface area contributed by atoms with Gasteiger partial charge >= 0.3 is 0 Å². The zero-order chi connectivity index (χ0) is 20.8. The second-order valence-electron chi connectivity index (χ2n) is 8.12. The monoisotopic (exact) mass is 414 g/mol. The number of pyridine rings is 1. The number of fused-ring (bicyclic) bond motifs is 1. The third kappa shape index (κ3) is 3.83. The van der Waals surface area contributed by atoms with Gasteiger partial charge in [-0.3, -0.25) is 0 Å². The van der Waals surface area contributed by atoms with E-state index in [1.54, 1.807) is 31.3 Å². The molecule has 4 rings (SSSR count). The average Bonchev–Trinajstić information content (AvgIpc) is 3.16. The zero-order valence-corrected chi connectivity index (χ0v) is 17.7. The Balaban J connectivity index is 1.84. The highest BCUT2D eigenvalue weighted by atomic mass is 32.2. The number of sulfone groups is 1. The molecule has 0 spiro atoms. The van der Waals surface area contributed by atoms with Gasteiger partial charge in [0, 0.05) is 23.6 Å². The van der Waals surface area contributed by atoms with Gasteiger partial charge in [-0.25, -0.2) is 13.4 Å². The molecule has 2 aliphatic heterocycles. The second-order valence-corrected chi connectivity index (χ2v) is 10.1. The predicted molar refractivity (Wildman–Crippen MR) is 111 cm³/mol. The molecule has 29 heavy (non-hydrogen) atoms. The molecule has 0 saturated heterocycles. The molecule has 6 nitrogen and oxygen atoms in total. The molecule has 1 N–H and O–H groups in total. The summed E-state index contributed by atoms with van der Waals surface area (Å²) in [6, 6.07) is 8.67. The Labute approximate surface area is 171 Å². The fraction of sp³-hybridized carbons (Fsp3) is 0.409. The van der Waals surface area contributed by atoms with E-state index in [1.807, 2.05) is 12.1 Å². The van der Waals surface area contributed by atoms with E-state index in [1.165, 1.54) is 6.26 Å². The summed E-state index contributed by atoms with van der Waals surface area (Å²) in [7, 11) is -3.37. The van der Waals surface area contributed by atoms with E-state index in [2.05, 4.69) is 11.9 Å². The van der Waals surface area contributed by atoms with Gasteiger partial charge in [0.25, 0.3) is 0 Å². The lowest BCUT2D eigenvalue weighted by atomic mass is 9.89. The first-order valence-corrected chi connectivity index (χ1v) is 11.8. The van der Waals surface area contributed by atoms with Gasteiger partial charge in [-0.2, -0.15) is 4.73 Å². The van der Waals surface area contributed by atoms with Crippen LogP contribution in [0.5, 0.6) is 5.75 Å². The van der Waals surface area contributed by atoms with E-state index in [0.29, 0.717) is 28.7 Å². The minimum atomic E-state index is -3.37. The lowest BCUT2D eigenvalue weighted by Gasteiger charge is -2.28. The average molecular weight is 415 g/mol. The molecule has 1 saturated carbocycles. The maximum Gasteiger partial charge on any atom is 0.176 e. The van der Waals surface area contributed by atoms with Gasteiger partial charge in [0.2, 0.25) is 0 Å². The van der Waals surface area contributed by atoms with Crippen molar-refractivity contribution in [3.8, 4) is 28.3 Å². The first-order valence-electron chi connectivity index (χ1n) is 9.91. The second kappa shape index (κ2) is 7.37. The molecule has 0 atom stereocenters. The SMILES string of the molecule is Cc1cc(-c2cc(S(C)(=O)=O)ccc2OC2CCC(C)CC2)c2ccnc-2n1O. The fourth-order valence-corrected chi connectivity index (χ4v) is 4.67. The van der Waals surface area contributed by atoms with Gasteiger partial charge < -0.3 is 9.94 Å². The van der Waals surface area contributed by atoms with Crippen LogP contribution in [0.4, 0.5) is 0 Å². The molecule has 7 heteroatoms. The lowest BCUT2D eigenvalue weighted by molar-refractivity contribution is 0.136. The number of rotatable bonds is 4. The maximum atomic E-state index is 12.2. The number of benzene rings is 1. The highest BCUT2D eigenvalue weighted by Crippen LogP contribution is 2.41. The van der Waals surface area contributed by atoms with Crippen LogP contribution in [-0.2, 0) is 9.84 Å². The number of hydrogen-bond donors (Lipinski definition) is 1. The van der Waals surface area contributed by atoms with Crippen molar-refractivity contribution in [1.82, 2.24) is 9.71 Å².